The van der Waals surface area contributed by atoms with E-state index in [0.29, 0.717) is 12.2 Å². The number of piperidine rings is 1. The third-order valence-electron chi connectivity index (χ3n) is 5.72. The predicted molar refractivity (Wildman–Crippen MR) is 116 cm³/mol. The van der Waals surface area contributed by atoms with Crippen molar-refractivity contribution in [3.63, 3.8) is 0 Å². The molecule has 0 aliphatic carbocycles. The van der Waals surface area contributed by atoms with E-state index in [1.165, 1.54) is 35.7 Å². The Bertz CT molecular complexity index is 772. The number of nitrogens with two attached hydrogens (primary N) is 1. The molecule has 2 amide bonds. The van der Waals surface area contributed by atoms with Gasteiger partial charge in [-0.3, -0.25) is 14.6 Å². The summed E-state index contributed by atoms with van der Waals surface area (Å²) >= 11 is 0. The number of benzene rings is 1. The van der Waals surface area contributed by atoms with Crippen molar-refractivity contribution in [2.45, 2.75) is 45.6 Å². The average molecular weight is 418 g/mol. The van der Waals surface area contributed by atoms with Gasteiger partial charge in [0.2, 0.25) is 5.91 Å². The number of likely N-dealkylation sites (tertiary alicyclic amines) is 1. The number of primary amides is 1. The van der Waals surface area contributed by atoms with Crippen molar-refractivity contribution in [2.24, 2.45) is 22.7 Å². The number of hydrogen-bond donors (Lipinski definition) is 2. The summed E-state index contributed by atoms with van der Waals surface area (Å²) in [5.41, 5.74) is 6.27. The molecular weight excluding hydrogens is 385 g/mol. The molecule has 0 bridgehead atoms. The maximum Gasteiger partial charge on any atom is 0.267 e. The molecule has 1 fully saturated rings. The lowest BCUT2D eigenvalue weighted by molar-refractivity contribution is -0.119. The van der Waals surface area contributed by atoms with E-state index in [9.17, 15) is 14.0 Å². The first-order valence-corrected chi connectivity index (χ1v) is 10.8. The Morgan fingerprint density at radius 1 is 1.17 bits per heavy atom. The Morgan fingerprint density at radius 3 is 2.47 bits per heavy atom. The lowest BCUT2D eigenvalue weighted by Gasteiger charge is -2.34. The summed E-state index contributed by atoms with van der Waals surface area (Å²) in [7, 11) is 0. The fourth-order valence-electron chi connectivity index (χ4n) is 4.44. The molecule has 7 nitrogen and oxygen atoms in total. The molecule has 164 valence electrons. The van der Waals surface area contributed by atoms with Crippen LogP contribution in [0.3, 0.4) is 0 Å². The predicted octanol–water partition coefficient (Wildman–Crippen LogP) is 2.12. The summed E-state index contributed by atoms with van der Waals surface area (Å²) < 4.78 is 13.2. The maximum absolute atomic E-state index is 13.2. The molecule has 3 N–H and O–H groups in total. The minimum atomic E-state index is -0.751. The van der Waals surface area contributed by atoms with Gasteiger partial charge in [0.05, 0.1) is 5.69 Å². The zero-order chi connectivity index (χ0) is 21.7. The first-order chi connectivity index (χ1) is 14.3. The van der Waals surface area contributed by atoms with Crippen LogP contribution in [0.4, 0.5) is 10.1 Å². The normalized spacial score (nSPS) is 24.6. The first kappa shape index (κ1) is 22.2. The molecule has 2 aliphatic rings. The molecule has 3 atom stereocenters. The highest BCUT2D eigenvalue weighted by molar-refractivity contribution is 6.40. The van der Waals surface area contributed by atoms with Crippen molar-refractivity contribution in [3.05, 3.63) is 30.1 Å². The van der Waals surface area contributed by atoms with Crippen LogP contribution in [0, 0.1) is 17.7 Å². The summed E-state index contributed by atoms with van der Waals surface area (Å²) in [5, 5.41) is 8.58. The van der Waals surface area contributed by atoms with Gasteiger partial charge < -0.3 is 16.0 Å². The van der Waals surface area contributed by atoms with Gasteiger partial charge in [0.15, 0.2) is 0 Å². The van der Waals surface area contributed by atoms with Crippen LogP contribution in [0.25, 0.3) is 0 Å². The van der Waals surface area contributed by atoms with E-state index < -0.39 is 11.9 Å². The molecule has 0 aromatic heterocycles. The number of hydrazone groups is 1. The Labute approximate surface area is 177 Å². The fraction of sp³-hybridized carbons (Fsp3) is 0.591. The Balaban J connectivity index is 1.47. The van der Waals surface area contributed by atoms with Crippen molar-refractivity contribution in [3.8, 4) is 0 Å². The molecular formula is C22H32FN5O2. The van der Waals surface area contributed by atoms with Crippen LogP contribution in [0.15, 0.2) is 29.4 Å². The van der Waals surface area contributed by atoms with E-state index in [0.717, 1.165) is 44.3 Å². The minimum absolute atomic E-state index is 0.141. The van der Waals surface area contributed by atoms with Gasteiger partial charge in [-0.25, -0.2) is 4.39 Å². The lowest BCUT2D eigenvalue weighted by atomic mass is 9.92. The second kappa shape index (κ2) is 10.0. The van der Waals surface area contributed by atoms with Gasteiger partial charge in [-0.2, -0.15) is 5.10 Å². The minimum Gasteiger partial charge on any atom is -0.368 e. The molecule has 1 saturated heterocycles. The summed E-state index contributed by atoms with van der Waals surface area (Å²) in [5.74, 6) is 0.248. The van der Waals surface area contributed by atoms with Crippen LogP contribution in [-0.2, 0) is 9.59 Å². The highest BCUT2D eigenvalue weighted by Gasteiger charge is 2.34. The Morgan fingerprint density at radius 2 is 1.83 bits per heavy atom. The summed E-state index contributed by atoms with van der Waals surface area (Å²) in [6.45, 7) is 8.53. The zero-order valence-corrected chi connectivity index (χ0v) is 17.8. The van der Waals surface area contributed by atoms with Gasteiger partial charge in [-0.1, -0.05) is 13.8 Å². The molecule has 2 heterocycles. The third-order valence-corrected chi connectivity index (χ3v) is 5.72. The highest BCUT2D eigenvalue weighted by Crippen LogP contribution is 2.25. The van der Waals surface area contributed by atoms with Gasteiger partial charge in [0, 0.05) is 26.1 Å². The number of nitrogens with zero attached hydrogens (tertiary/aromatic N) is 3. The Kier molecular flexibility index (Phi) is 7.42. The first-order valence-electron chi connectivity index (χ1n) is 10.8. The lowest BCUT2D eigenvalue weighted by Crippen LogP contribution is -2.40. The number of carbonyl (C=O) groups is 2. The molecule has 1 aromatic rings. The molecule has 0 radical (unpaired) electrons. The van der Waals surface area contributed by atoms with Gasteiger partial charge >= 0.3 is 0 Å². The number of halogens is 1. The molecule has 1 aromatic carbocycles. The van der Waals surface area contributed by atoms with Gasteiger partial charge in [0.25, 0.3) is 5.91 Å². The monoisotopic (exact) mass is 417 g/mol. The quantitative estimate of drug-likeness (QED) is 0.634. The number of hydrogen-bond acceptors (Lipinski definition) is 5. The van der Waals surface area contributed by atoms with Crippen molar-refractivity contribution in [1.82, 2.24) is 10.2 Å². The molecule has 3 unspecified atom stereocenters. The van der Waals surface area contributed by atoms with Crippen molar-refractivity contribution >= 4 is 23.2 Å². The molecule has 30 heavy (non-hydrogen) atoms. The number of amides is 2. The number of anilines is 1. The Hall–Kier alpha value is -2.48. The number of unbranched alkanes of at least 4 members (excludes halogenated alkanes) is 1. The summed E-state index contributed by atoms with van der Waals surface area (Å²) in [6.07, 6.45) is 3.36. The van der Waals surface area contributed by atoms with Crippen LogP contribution in [0.2, 0.25) is 0 Å². The van der Waals surface area contributed by atoms with Crippen LogP contribution in [0.5, 0.6) is 0 Å². The largest absolute Gasteiger partial charge is 0.368 e. The molecule has 3 rings (SSSR count). The van der Waals surface area contributed by atoms with Gasteiger partial charge in [-0.05, 0) is 61.9 Å². The number of carbonyl (C=O) groups excluding carboxylic acids is 2. The van der Waals surface area contributed by atoms with E-state index in [4.69, 9.17) is 5.73 Å². The standard InChI is InChI=1S/C22H32FN5O2/c1-15-11-16(2)14-27(13-15)10-4-3-9-25-22(30)19-12-20(21(24)29)28(26-19)18-7-5-17(23)6-8-18/h5-8,15-16,20H,3-4,9-14H2,1-2H3,(H2,24,29)(H,25,30). The average Bonchev–Trinajstić information content (AvgIpc) is 3.13. The van der Waals surface area contributed by atoms with Crippen LogP contribution in [0.1, 0.15) is 39.5 Å². The van der Waals surface area contributed by atoms with Crippen molar-refractivity contribution in [1.29, 1.82) is 0 Å². The third kappa shape index (κ3) is 5.78. The smallest absolute Gasteiger partial charge is 0.267 e. The SMILES string of the molecule is CC1CC(C)CN(CCCCNC(=O)C2=NN(c3ccc(F)cc3)C(C(N)=O)C2)C1. The highest BCUT2D eigenvalue weighted by atomic mass is 19.1. The summed E-state index contributed by atoms with van der Waals surface area (Å²) in [4.78, 5) is 26.8. The van der Waals surface area contributed by atoms with E-state index in [1.54, 1.807) is 0 Å². The zero-order valence-electron chi connectivity index (χ0n) is 17.8. The molecule has 0 saturated carbocycles. The van der Waals surface area contributed by atoms with Crippen LogP contribution in [-0.4, -0.2) is 54.6 Å². The molecule has 0 spiro atoms. The second-order valence-corrected chi connectivity index (χ2v) is 8.66. The second-order valence-electron chi connectivity index (χ2n) is 8.66. The van der Waals surface area contributed by atoms with Crippen molar-refractivity contribution in [2.75, 3.05) is 31.2 Å². The topological polar surface area (TPSA) is 91.0 Å². The van der Waals surface area contributed by atoms with Crippen molar-refractivity contribution < 1.29 is 14.0 Å². The molecule has 2 aliphatic heterocycles. The van der Waals surface area contributed by atoms with Crippen LogP contribution < -0.4 is 16.1 Å². The summed E-state index contributed by atoms with van der Waals surface area (Å²) in [6, 6.07) is 4.84. The van der Waals surface area contributed by atoms with Gasteiger partial charge in [-0.15, -0.1) is 0 Å². The van der Waals surface area contributed by atoms with E-state index in [2.05, 4.69) is 29.2 Å². The van der Waals surface area contributed by atoms with Gasteiger partial charge in [0.1, 0.15) is 17.6 Å². The number of nitrogens with one attached hydrogen (secondary N) is 1. The van der Waals surface area contributed by atoms with E-state index in [-0.39, 0.29) is 23.9 Å². The number of rotatable bonds is 8. The van der Waals surface area contributed by atoms with Crippen LogP contribution >= 0.6 is 0 Å². The van der Waals surface area contributed by atoms with E-state index in [1.807, 2.05) is 0 Å². The maximum atomic E-state index is 13.2. The fourth-order valence-corrected chi connectivity index (χ4v) is 4.44. The van der Waals surface area contributed by atoms with E-state index >= 15 is 0 Å². The molecule has 8 heteroatoms.